The van der Waals surface area contributed by atoms with Crippen LogP contribution < -0.4 is 10.1 Å². The molecule has 32 heavy (non-hydrogen) atoms. The topological polar surface area (TPSA) is 65.6 Å². The highest BCUT2D eigenvalue weighted by atomic mass is 32.1. The van der Waals surface area contributed by atoms with Crippen LogP contribution in [0.5, 0.6) is 5.75 Å². The molecular weight excluding hydrogens is 418 g/mol. The quantitative estimate of drug-likeness (QED) is 0.495. The SMILES string of the molecule is COc1ccc(-c2nc3ccc(-c4csc(C#N)c4)cn3c2CN2CCCNCC2)cc1. The summed E-state index contributed by atoms with van der Waals surface area (Å²) in [5.41, 5.74) is 6.36. The highest BCUT2D eigenvalue weighted by Gasteiger charge is 2.19. The van der Waals surface area contributed by atoms with E-state index in [1.54, 1.807) is 7.11 Å². The molecule has 4 aromatic rings. The summed E-state index contributed by atoms with van der Waals surface area (Å²) in [6.07, 6.45) is 3.30. The number of ether oxygens (including phenoxy) is 1. The second-order valence-corrected chi connectivity index (χ2v) is 8.88. The molecule has 1 aliphatic heterocycles. The lowest BCUT2D eigenvalue weighted by molar-refractivity contribution is 0.281. The number of hydrogen-bond acceptors (Lipinski definition) is 6. The average Bonchev–Trinajstić information content (AvgIpc) is 3.36. The zero-order chi connectivity index (χ0) is 21.9. The molecule has 162 valence electrons. The summed E-state index contributed by atoms with van der Waals surface area (Å²) in [6, 6.07) is 16.5. The second kappa shape index (κ2) is 9.13. The van der Waals surface area contributed by atoms with Crippen LogP contribution in [0.3, 0.4) is 0 Å². The maximum Gasteiger partial charge on any atom is 0.137 e. The number of rotatable bonds is 5. The highest BCUT2D eigenvalue weighted by molar-refractivity contribution is 7.10. The molecule has 0 atom stereocenters. The molecular formula is C25H25N5OS. The molecule has 6 nitrogen and oxygen atoms in total. The van der Waals surface area contributed by atoms with Crippen LogP contribution in [0.15, 0.2) is 54.0 Å². The first kappa shape index (κ1) is 20.7. The van der Waals surface area contributed by atoms with E-state index in [9.17, 15) is 5.26 Å². The third-order valence-corrected chi connectivity index (χ3v) is 6.76. The van der Waals surface area contributed by atoms with E-state index in [-0.39, 0.29) is 0 Å². The largest absolute Gasteiger partial charge is 0.497 e. The minimum Gasteiger partial charge on any atom is -0.497 e. The first-order valence-electron chi connectivity index (χ1n) is 10.8. The Hall–Kier alpha value is -3.18. The highest BCUT2D eigenvalue weighted by Crippen LogP contribution is 2.31. The molecule has 7 heteroatoms. The minimum absolute atomic E-state index is 0.724. The predicted octanol–water partition coefficient (Wildman–Crippen LogP) is 4.41. The van der Waals surface area contributed by atoms with Crippen LogP contribution in [0, 0.1) is 11.3 Å². The molecule has 1 aliphatic rings. The fraction of sp³-hybridized carbons (Fsp3) is 0.280. The summed E-state index contributed by atoms with van der Waals surface area (Å²) < 4.78 is 7.56. The lowest BCUT2D eigenvalue weighted by atomic mass is 10.1. The summed E-state index contributed by atoms with van der Waals surface area (Å²) in [5.74, 6) is 0.839. The fourth-order valence-corrected chi connectivity index (χ4v) is 4.92. The zero-order valence-corrected chi connectivity index (χ0v) is 18.9. The Morgan fingerprint density at radius 2 is 1.94 bits per heavy atom. The zero-order valence-electron chi connectivity index (χ0n) is 18.0. The first-order chi connectivity index (χ1) is 15.7. The van der Waals surface area contributed by atoms with Gasteiger partial charge in [-0.05, 0) is 78.5 Å². The molecule has 0 radical (unpaired) electrons. The maximum absolute atomic E-state index is 9.21. The Labute approximate surface area is 191 Å². The van der Waals surface area contributed by atoms with Crippen LogP contribution in [0.25, 0.3) is 28.0 Å². The van der Waals surface area contributed by atoms with E-state index in [0.717, 1.165) is 77.8 Å². The Kier molecular flexibility index (Phi) is 5.91. The molecule has 5 rings (SSSR count). The molecule has 0 aliphatic carbocycles. The van der Waals surface area contributed by atoms with Crippen LogP contribution in [0.4, 0.5) is 0 Å². The van der Waals surface area contributed by atoms with E-state index in [1.807, 2.05) is 23.6 Å². The van der Waals surface area contributed by atoms with E-state index >= 15 is 0 Å². The summed E-state index contributed by atoms with van der Waals surface area (Å²) >= 11 is 1.48. The van der Waals surface area contributed by atoms with Gasteiger partial charge < -0.3 is 14.5 Å². The third-order valence-electron chi connectivity index (χ3n) is 5.93. The monoisotopic (exact) mass is 443 g/mol. The molecule has 0 unspecified atom stereocenters. The van der Waals surface area contributed by atoms with E-state index in [4.69, 9.17) is 9.72 Å². The third kappa shape index (κ3) is 4.13. The van der Waals surface area contributed by atoms with Crippen LogP contribution in [0.1, 0.15) is 17.0 Å². The number of benzene rings is 1. The van der Waals surface area contributed by atoms with E-state index in [2.05, 4.69) is 51.1 Å². The van der Waals surface area contributed by atoms with Gasteiger partial charge in [0.2, 0.25) is 0 Å². The number of aromatic nitrogens is 2. The molecule has 0 spiro atoms. The van der Waals surface area contributed by atoms with Gasteiger partial charge in [-0.25, -0.2) is 4.98 Å². The Balaban J connectivity index is 1.61. The van der Waals surface area contributed by atoms with Crippen molar-refractivity contribution in [1.29, 1.82) is 5.26 Å². The summed E-state index contributed by atoms with van der Waals surface area (Å²) in [6.45, 7) is 4.99. The van der Waals surface area contributed by atoms with Crippen LogP contribution in [-0.2, 0) is 6.54 Å². The Bertz CT molecular complexity index is 1260. The van der Waals surface area contributed by atoms with Crippen molar-refractivity contribution < 1.29 is 4.74 Å². The second-order valence-electron chi connectivity index (χ2n) is 7.97. The molecule has 1 aromatic carbocycles. The van der Waals surface area contributed by atoms with Gasteiger partial charge in [0.1, 0.15) is 22.3 Å². The van der Waals surface area contributed by atoms with Gasteiger partial charge in [-0.3, -0.25) is 4.90 Å². The van der Waals surface area contributed by atoms with E-state index in [1.165, 1.54) is 17.0 Å². The number of hydrogen-bond donors (Lipinski definition) is 1. The van der Waals surface area contributed by atoms with Gasteiger partial charge in [0.05, 0.1) is 18.5 Å². The molecule has 1 saturated heterocycles. The van der Waals surface area contributed by atoms with Crippen molar-refractivity contribution >= 4 is 17.0 Å². The average molecular weight is 444 g/mol. The number of nitriles is 1. The number of pyridine rings is 1. The van der Waals surface area contributed by atoms with Gasteiger partial charge in [-0.1, -0.05) is 0 Å². The number of fused-ring (bicyclic) bond motifs is 1. The molecule has 4 heterocycles. The number of imidazole rings is 1. The van der Waals surface area contributed by atoms with Gasteiger partial charge >= 0.3 is 0 Å². The van der Waals surface area contributed by atoms with Gasteiger partial charge in [-0.2, -0.15) is 5.26 Å². The molecule has 0 amide bonds. The van der Waals surface area contributed by atoms with Crippen molar-refractivity contribution in [3.8, 4) is 34.2 Å². The van der Waals surface area contributed by atoms with Crippen molar-refractivity contribution in [2.75, 3.05) is 33.3 Å². The molecule has 0 saturated carbocycles. The Morgan fingerprint density at radius 1 is 1.09 bits per heavy atom. The summed E-state index contributed by atoms with van der Waals surface area (Å²) in [4.78, 5) is 8.24. The predicted molar refractivity (Wildman–Crippen MR) is 128 cm³/mol. The molecule has 0 bridgehead atoms. The smallest absolute Gasteiger partial charge is 0.137 e. The molecule has 1 N–H and O–H groups in total. The van der Waals surface area contributed by atoms with Crippen molar-refractivity contribution in [3.05, 3.63) is 64.6 Å². The summed E-state index contributed by atoms with van der Waals surface area (Å²) in [7, 11) is 1.68. The van der Waals surface area contributed by atoms with E-state index in [0.29, 0.717) is 0 Å². The first-order valence-corrected chi connectivity index (χ1v) is 11.7. The number of thiophene rings is 1. The minimum atomic E-state index is 0.724. The van der Waals surface area contributed by atoms with Crippen molar-refractivity contribution in [3.63, 3.8) is 0 Å². The van der Waals surface area contributed by atoms with Gasteiger partial charge in [0.25, 0.3) is 0 Å². The van der Waals surface area contributed by atoms with E-state index < -0.39 is 0 Å². The van der Waals surface area contributed by atoms with Crippen LogP contribution >= 0.6 is 11.3 Å². The lowest BCUT2D eigenvalue weighted by Gasteiger charge is -2.20. The maximum atomic E-state index is 9.21. The molecule has 3 aromatic heterocycles. The van der Waals surface area contributed by atoms with Crippen molar-refractivity contribution in [2.45, 2.75) is 13.0 Å². The number of methoxy groups -OCH3 is 1. The fourth-order valence-electron chi connectivity index (χ4n) is 4.21. The Morgan fingerprint density at radius 3 is 2.72 bits per heavy atom. The van der Waals surface area contributed by atoms with Gasteiger partial charge in [0, 0.05) is 31.4 Å². The normalized spacial score (nSPS) is 14.9. The lowest BCUT2D eigenvalue weighted by Crippen LogP contribution is -2.28. The van der Waals surface area contributed by atoms with Crippen molar-refractivity contribution in [2.24, 2.45) is 0 Å². The standard InChI is InChI=1S/C25H25N5OS/c1-31-21-6-3-18(4-7-21)25-23(16-29-11-2-9-27-10-12-29)30-15-19(5-8-24(30)28-25)20-13-22(14-26)32-17-20/h3-8,13,15,17,27H,2,9-12,16H2,1H3. The van der Waals surface area contributed by atoms with Crippen molar-refractivity contribution in [1.82, 2.24) is 19.6 Å². The van der Waals surface area contributed by atoms with Gasteiger partial charge in [-0.15, -0.1) is 11.3 Å². The number of nitrogens with zero attached hydrogens (tertiary/aromatic N) is 4. The summed E-state index contributed by atoms with van der Waals surface area (Å²) in [5, 5.41) is 14.7. The number of nitrogens with one attached hydrogen (secondary N) is 1. The van der Waals surface area contributed by atoms with Crippen LogP contribution in [0.2, 0.25) is 0 Å². The van der Waals surface area contributed by atoms with Crippen LogP contribution in [-0.4, -0.2) is 47.6 Å². The van der Waals surface area contributed by atoms with Gasteiger partial charge in [0.15, 0.2) is 0 Å². The molecule has 1 fully saturated rings.